The van der Waals surface area contributed by atoms with Crippen LogP contribution in [-0.2, 0) is 65.9 Å². The summed E-state index contributed by atoms with van der Waals surface area (Å²) in [6.45, 7) is 28.7. The van der Waals surface area contributed by atoms with E-state index in [0.717, 1.165) is 23.7 Å². The van der Waals surface area contributed by atoms with E-state index in [1.807, 2.05) is 52.8 Å². The lowest BCUT2D eigenvalue weighted by Crippen LogP contribution is -2.63. The quantitative estimate of drug-likeness (QED) is 0.0597. The van der Waals surface area contributed by atoms with Gasteiger partial charge in [0.25, 0.3) is 0 Å². The van der Waals surface area contributed by atoms with E-state index in [9.17, 15) is 19.2 Å². The highest BCUT2D eigenvalue weighted by molar-refractivity contribution is 6.74. The van der Waals surface area contributed by atoms with Gasteiger partial charge in [0.05, 0.1) is 56.6 Å². The molecule has 0 saturated carbocycles. The summed E-state index contributed by atoms with van der Waals surface area (Å²) in [6.07, 6.45) is 6.55. The predicted molar refractivity (Wildman–Crippen MR) is 265 cm³/mol. The van der Waals surface area contributed by atoms with Crippen molar-refractivity contribution in [1.29, 1.82) is 0 Å². The molecule has 2 saturated heterocycles. The zero-order chi connectivity index (χ0) is 51.0. The van der Waals surface area contributed by atoms with Crippen molar-refractivity contribution >= 4 is 40.5 Å². The van der Waals surface area contributed by atoms with Gasteiger partial charge in [0.2, 0.25) is 0 Å². The molecule has 0 aliphatic carbocycles. The Hall–Kier alpha value is -3.13. The largest absolute Gasteiger partial charge is 0.493 e. The minimum atomic E-state index is -2.38. The molecule has 0 aromatic carbocycles. The molecule has 16 heteroatoms. The number of fused-ring (bicyclic) bond motifs is 6. The third-order valence-corrected chi connectivity index (χ3v) is 24.7. The molecule has 4 aliphatic heterocycles. The van der Waals surface area contributed by atoms with Crippen molar-refractivity contribution in [3.63, 3.8) is 0 Å². The van der Waals surface area contributed by atoms with Crippen LogP contribution in [0.2, 0.25) is 36.3 Å². The van der Waals surface area contributed by atoms with E-state index in [-0.39, 0.29) is 24.3 Å². The molecule has 0 aromatic rings. The zero-order valence-electron chi connectivity index (χ0n) is 44.5. The number of methoxy groups -OCH3 is 3. The Morgan fingerprint density at radius 1 is 0.853 bits per heavy atom. The monoisotopic (exact) mass is 991 g/mol. The molecule has 14 nitrogen and oxygen atoms in total. The van der Waals surface area contributed by atoms with Gasteiger partial charge in [-0.25, -0.2) is 9.59 Å². The minimum Gasteiger partial charge on any atom is -0.493 e. The van der Waals surface area contributed by atoms with Crippen molar-refractivity contribution < 1.29 is 65.9 Å². The lowest BCUT2D eigenvalue weighted by atomic mass is 9.70. The highest BCUT2D eigenvalue weighted by atomic mass is 28.4. The zero-order valence-corrected chi connectivity index (χ0v) is 46.5. The third kappa shape index (κ3) is 14.5. The maximum Gasteiger partial charge on any atom is 0.330 e. The number of hydrogen-bond donors (Lipinski definition) is 0. The molecule has 4 rings (SSSR count). The van der Waals surface area contributed by atoms with Crippen LogP contribution in [0, 0.1) is 10.8 Å². The maximum atomic E-state index is 14.7. The van der Waals surface area contributed by atoms with Gasteiger partial charge >= 0.3 is 23.9 Å². The first-order valence-corrected chi connectivity index (χ1v) is 30.3. The first-order valence-electron chi connectivity index (χ1n) is 24.8. The van der Waals surface area contributed by atoms with E-state index in [4.69, 9.17) is 46.7 Å². The van der Waals surface area contributed by atoms with Gasteiger partial charge in [-0.15, -0.1) is 0 Å². The van der Waals surface area contributed by atoms with Crippen LogP contribution in [0.25, 0.3) is 0 Å². The van der Waals surface area contributed by atoms with Crippen LogP contribution >= 0.6 is 0 Å². The number of ether oxygens (including phenoxy) is 8. The summed E-state index contributed by atoms with van der Waals surface area (Å²) in [7, 11) is -0.430. The molecule has 0 aromatic heterocycles. The lowest BCUT2D eigenvalue weighted by molar-refractivity contribution is -0.358. The van der Waals surface area contributed by atoms with Crippen LogP contribution in [0.3, 0.4) is 0 Å². The first kappa shape index (κ1) is 57.5. The standard InChI is InChI=1S/C52H86O14Si2/c1-18-68(19-2,20-3)66-41-29-40-31-45(60-35(5)53)51(11,12)52(59-15,64-40)33-42-25-36(27-46(54)57-13)23-38(61-42)21-22-50(9,10)44-26-37(28-47(55)58-14)24-39(62-44)30-43(63-48(56)32-41)34(4)65-67(16,17)49(6,7)8/h21-22,26-28,34,38-43,45H,18-20,23-25,29-33H2,1-17H3/b22-21+,36-27+,37-28+/t34-,38+,39+,40-,41-,42+,43-,45+,52+/m1/s1. The summed E-state index contributed by atoms with van der Waals surface area (Å²) < 4.78 is 64.6. The Morgan fingerprint density at radius 3 is 2.06 bits per heavy atom. The molecule has 4 heterocycles. The van der Waals surface area contributed by atoms with Crippen LogP contribution in [0.1, 0.15) is 134 Å². The topological polar surface area (TPSA) is 161 Å². The van der Waals surface area contributed by atoms with Gasteiger partial charge in [0, 0.05) is 57.3 Å². The van der Waals surface area contributed by atoms with Gasteiger partial charge in [-0.3, -0.25) is 9.59 Å². The normalized spacial score (nSPS) is 31.6. The molecule has 0 amide bonds. The van der Waals surface area contributed by atoms with Gasteiger partial charge < -0.3 is 46.7 Å². The highest BCUT2D eigenvalue weighted by Gasteiger charge is 2.59. The summed E-state index contributed by atoms with van der Waals surface area (Å²) in [5.41, 5.74) is -0.0842. The van der Waals surface area contributed by atoms with E-state index in [0.29, 0.717) is 43.4 Å². The number of allylic oxidation sites excluding steroid dienone is 2. The van der Waals surface area contributed by atoms with Gasteiger partial charge in [-0.1, -0.05) is 73.1 Å². The van der Waals surface area contributed by atoms with Crippen LogP contribution in [0.15, 0.2) is 47.3 Å². The number of carbonyl (C=O) groups is 4. The average Bonchev–Trinajstić information content (AvgIpc) is 3.25. The molecule has 68 heavy (non-hydrogen) atoms. The van der Waals surface area contributed by atoms with Crippen molar-refractivity contribution in [2.75, 3.05) is 21.3 Å². The Morgan fingerprint density at radius 2 is 1.49 bits per heavy atom. The fourth-order valence-corrected chi connectivity index (χ4v) is 14.2. The number of hydrogen-bond acceptors (Lipinski definition) is 14. The number of esters is 4. The highest BCUT2D eigenvalue weighted by Crippen LogP contribution is 2.51. The second-order valence-corrected chi connectivity index (χ2v) is 31.5. The summed E-state index contributed by atoms with van der Waals surface area (Å²) in [5, 5.41) is -0.121. The van der Waals surface area contributed by atoms with E-state index in [2.05, 4.69) is 54.6 Å². The van der Waals surface area contributed by atoms with E-state index < -0.39 is 106 Å². The van der Waals surface area contributed by atoms with Crippen molar-refractivity contribution in [3.05, 3.63) is 47.3 Å². The fraction of sp³-hybridized carbons (Fsp3) is 0.769. The molecule has 0 N–H and O–H groups in total. The predicted octanol–water partition coefficient (Wildman–Crippen LogP) is 10.4. The first-order chi connectivity index (χ1) is 31.6. The maximum absolute atomic E-state index is 14.7. The van der Waals surface area contributed by atoms with Crippen molar-refractivity contribution in [2.24, 2.45) is 10.8 Å². The van der Waals surface area contributed by atoms with E-state index in [1.54, 1.807) is 7.11 Å². The van der Waals surface area contributed by atoms with Crippen LogP contribution in [0.5, 0.6) is 0 Å². The molecular formula is C52H86O14Si2. The molecule has 2 fully saturated rings. The van der Waals surface area contributed by atoms with E-state index >= 15 is 0 Å². The number of rotatable bonds is 12. The Balaban J connectivity index is 1.96. The van der Waals surface area contributed by atoms with Crippen LogP contribution in [0.4, 0.5) is 0 Å². The Labute approximate surface area is 409 Å². The summed E-state index contributed by atoms with van der Waals surface area (Å²) in [6, 6.07) is 2.56. The van der Waals surface area contributed by atoms with Gasteiger partial charge in [0.15, 0.2) is 22.4 Å². The Bertz CT molecular complexity index is 1880. The fourth-order valence-electron chi connectivity index (χ4n) is 9.84. The lowest BCUT2D eigenvalue weighted by Gasteiger charge is -2.55. The molecule has 6 bridgehead atoms. The molecule has 0 spiro atoms. The van der Waals surface area contributed by atoms with Gasteiger partial charge in [0.1, 0.15) is 24.1 Å². The summed E-state index contributed by atoms with van der Waals surface area (Å²) in [5.74, 6) is -2.58. The Kier molecular flexibility index (Phi) is 19.8. The van der Waals surface area contributed by atoms with Gasteiger partial charge in [-0.2, -0.15) is 0 Å². The van der Waals surface area contributed by atoms with Gasteiger partial charge in [-0.05, 0) is 87.9 Å². The molecule has 0 unspecified atom stereocenters. The molecule has 4 aliphatic rings. The van der Waals surface area contributed by atoms with Crippen molar-refractivity contribution in [2.45, 2.75) is 225 Å². The molecule has 0 radical (unpaired) electrons. The second-order valence-electron chi connectivity index (χ2n) is 22.0. The van der Waals surface area contributed by atoms with E-state index in [1.165, 1.54) is 33.3 Å². The third-order valence-electron chi connectivity index (χ3n) is 15.4. The summed E-state index contributed by atoms with van der Waals surface area (Å²) >= 11 is 0. The molecular weight excluding hydrogens is 905 g/mol. The van der Waals surface area contributed by atoms with Crippen LogP contribution in [-0.4, -0.2) is 116 Å². The van der Waals surface area contributed by atoms with Crippen LogP contribution < -0.4 is 0 Å². The number of cyclic esters (lactones) is 1. The van der Waals surface area contributed by atoms with Crippen molar-refractivity contribution in [1.82, 2.24) is 0 Å². The SMILES string of the molecule is CC[Si](CC)(CC)O[C@H]1CC(=O)O[C@@H]([C@@H](C)O[Si](C)(C)C(C)(C)C)C[C@@H]2C/C(=C\C(=O)OC)C=C(O2)C(C)(C)/C=C/[C@H]2C/C(=C\C(=O)OC)C[C@@H](C[C@]3(OC)O[C@H](C1)C[C@H](OC(C)=O)C3(C)C)O2. The second kappa shape index (κ2) is 23.4. The smallest absolute Gasteiger partial charge is 0.330 e. The van der Waals surface area contributed by atoms with Crippen molar-refractivity contribution in [3.8, 4) is 0 Å². The average molecular weight is 991 g/mol. The molecule has 386 valence electrons. The number of carbonyl (C=O) groups excluding carboxylic acids is 4. The minimum absolute atomic E-state index is 0.0589. The summed E-state index contributed by atoms with van der Waals surface area (Å²) in [4.78, 5) is 53.1. The molecule has 9 atom stereocenters.